The Morgan fingerprint density at radius 1 is 1.39 bits per heavy atom. The minimum atomic E-state index is 0.209. The summed E-state index contributed by atoms with van der Waals surface area (Å²) in [6.45, 7) is 0.209. The van der Waals surface area contributed by atoms with Gasteiger partial charge in [0.05, 0.1) is 5.56 Å². The van der Waals surface area contributed by atoms with Gasteiger partial charge in [0, 0.05) is 5.92 Å². The molecule has 0 atom stereocenters. The summed E-state index contributed by atoms with van der Waals surface area (Å²) in [6, 6.07) is 7.05. The van der Waals surface area contributed by atoms with Gasteiger partial charge in [0.1, 0.15) is 5.75 Å². The number of hydrogen-bond donors (Lipinski definition) is 0. The van der Waals surface area contributed by atoms with E-state index in [1.807, 2.05) is 6.07 Å². The highest BCUT2D eigenvalue weighted by molar-refractivity contribution is 5.79. The van der Waals surface area contributed by atoms with E-state index in [1.165, 1.54) is 0 Å². The Morgan fingerprint density at radius 2 is 2.22 bits per heavy atom. The molecule has 0 unspecified atom stereocenters. The molecule has 1 aliphatic rings. The van der Waals surface area contributed by atoms with Gasteiger partial charge in [0.2, 0.25) is 11.7 Å². The Bertz CT molecular complexity index is 561. The summed E-state index contributed by atoms with van der Waals surface area (Å²) in [7, 11) is 0. The van der Waals surface area contributed by atoms with Crippen molar-refractivity contribution in [3.63, 3.8) is 0 Å². The van der Waals surface area contributed by atoms with Crippen LogP contribution in [0.3, 0.4) is 0 Å². The topological polar surface area (TPSA) is 65.2 Å². The van der Waals surface area contributed by atoms with Crippen LogP contribution >= 0.6 is 0 Å². The number of benzene rings is 1. The van der Waals surface area contributed by atoms with E-state index < -0.39 is 0 Å². The lowest BCUT2D eigenvalue weighted by Gasteiger charge is -2.04. The van der Waals surface area contributed by atoms with Gasteiger partial charge in [0.15, 0.2) is 12.9 Å². The van der Waals surface area contributed by atoms with Crippen molar-refractivity contribution in [2.24, 2.45) is 0 Å². The number of hydrogen-bond acceptors (Lipinski definition) is 5. The van der Waals surface area contributed by atoms with Crippen molar-refractivity contribution in [1.29, 1.82) is 0 Å². The third kappa shape index (κ3) is 2.25. The van der Waals surface area contributed by atoms with Crippen molar-refractivity contribution in [2.75, 3.05) is 0 Å². The lowest BCUT2D eigenvalue weighted by atomic mass is 10.2. The highest BCUT2D eigenvalue weighted by atomic mass is 16.5. The minimum absolute atomic E-state index is 0.209. The van der Waals surface area contributed by atoms with Gasteiger partial charge < -0.3 is 9.26 Å². The second-order valence-corrected chi connectivity index (χ2v) is 4.27. The molecule has 1 aliphatic carbocycles. The smallest absolute Gasteiger partial charge is 0.229 e. The molecule has 92 valence electrons. The summed E-state index contributed by atoms with van der Waals surface area (Å²) >= 11 is 0. The van der Waals surface area contributed by atoms with E-state index in [9.17, 15) is 4.79 Å². The maximum Gasteiger partial charge on any atom is 0.229 e. The average Bonchev–Trinajstić information content (AvgIpc) is 3.16. The Morgan fingerprint density at radius 3 is 3.00 bits per heavy atom. The predicted molar refractivity (Wildman–Crippen MR) is 62.4 cm³/mol. The molecule has 0 bridgehead atoms. The Hall–Kier alpha value is -2.17. The Balaban J connectivity index is 1.67. The second kappa shape index (κ2) is 4.60. The van der Waals surface area contributed by atoms with Gasteiger partial charge in [-0.3, -0.25) is 4.79 Å². The SMILES string of the molecule is O=Cc1ccccc1OCc1noc(C2CC2)n1. The van der Waals surface area contributed by atoms with Gasteiger partial charge in [0.25, 0.3) is 0 Å². The number of carbonyl (C=O) groups is 1. The molecule has 1 aromatic heterocycles. The van der Waals surface area contributed by atoms with Crippen LogP contribution in [-0.4, -0.2) is 16.4 Å². The lowest BCUT2D eigenvalue weighted by Crippen LogP contribution is -2.00. The molecule has 5 nitrogen and oxygen atoms in total. The molecule has 3 rings (SSSR count). The monoisotopic (exact) mass is 244 g/mol. The van der Waals surface area contributed by atoms with Gasteiger partial charge in [-0.15, -0.1) is 0 Å². The van der Waals surface area contributed by atoms with Gasteiger partial charge >= 0.3 is 0 Å². The van der Waals surface area contributed by atoms with E-state index in [1.54, 1.807) is 18.2 Å². The van der Waals surface area contributed by atoms with Gasteiger partial charge in [-0.2, -0.15) is 4.98 Å². The van der Waals surface area contributed by atoms with Gasteiger partial charge in [-0.25, -0.2) is 0 Å². The van der Waals surface area contributed by atoms with Crippen LogP contribution < -0.4 is 4.74 Å². The highest BCUT2D eigenvalue weighted by Crippen LogP contribution is 2.38. The third-order valence-corrected chi connectivity index (χ3v) is 2.81. The van der Waals surface area contributed by atoms with E-state index in [0.29, 0.717) is 28.9 Å². The molecule has 2 aromatic rings. The predicted octanol–water partition coefficient (Wildman–Crippen LogP) is 2.34. The number of aromatic nitrogens is 2. The molecule has 0 N–H and O–H groups in total. The lowest BCUT2D eigenvalue weighted by molar-refractivity contribution is 0.111. The summed E-state index contributed by atoms with van der Waals surface area (Å²) in [6.07, 6.45) is 3.01. The van der Waals surface area contributed by atoms with Crippen LogP contribution in [0.2, 0.25) is 0 Å². The second-order valence-electron chi connectivity index (χ2n) is 4.27. The Labute approximate surface area is 104 Å². The van der Waals surface area contributed by atoms with Crippen molar-refractivity contribution < 1.29 is 14.1 Å². The van der Waals surface area contributed by atoms with Crippen LogP contribution in [0, 0.1) is 0 Å². The van der Waals surface area contributed by atoms with E-state index >= 15 is 0 Å². The number of para-hydroxylation sites is 1. The van der Waals surface area contributed by atoms with Crippen LogP contribution in [0.5, 0.6) is 5.75 Å². The summed E-state index contributed by atoms with van der Waals surface area (Å²) in [5, 5.41) is 3.85. The van der Waals surface area contributed by atoms with Crippen LogP contribution in [0.25, 0.3) is 0 Å². The quantitative estimate of drug-likeness (QED) is 0.755. The van der Waals surface area contributed by atoms with Crippen molar-refractivity contribution in [1.82, 2.24) is 10.1 Å². The van der Waals surface area contributed by atoms with Crippen LogP contribution in [-0.2, 0) is 6.61 Å². The number of aldehydes is 1. The van der Waals surface area contributed by atoms with Crippen molar-refractivity contribution in [2.45, 2.75) is 25.4 Å². The fraction of sp³-hybridized carbons (Fsp3) is 0.308. The standard InChI is InChI=1S/C13H12N2O3/c16-7-10-3-1-2-4-11(10)17-8-12-14-13(18-15-12)9-5-6-9/h1-4,7,9H,5-6,8H2. The van der Waals surface area contributed by atoms with Crippen LogP contribution in [0.1, 0.15) is 40.8 Å². The van der Waals surface area contributed by atoms with Crippen molar-refractivity contribution >= 4 is 6.29 Å². The van der Waals surface area contributed by atoms with Crippen molar-refractivity contribution in [3.05, 3.63) is 41.5 Å². The minimum Gasteiger partial charge on any atom is -0.485 e. The molecule has 0 aliphatic heterocycles. The van der Waals surface area contributed by atoms with E-state index in [-0.39, 0.29) is 6.61 Å². The molecule has 5 heteroatoms. The first-order valence-corrected chi connectivity index (χ1v) is 5.86. The maximum atomic E-state index is 10.8. The van der Waals surface area contributed by atoms with Crippen molar-refractivity contribution in [3.8, 4) is 5.75 Å². The highest BCUT2D eigenvalue weighted by Gasteiger charge is 2.29. The zero-order valence-corrected chi connectivity index (χ0v) is 9.70. The molecule has 1 heterocycles. The molecule has 0 spiro atoms. The molecule has 18 heavy (non-hydrogen) atoms. The van der Waals surface area contributed by atoms with Gasteiger partial charge in [-0.05, 0) is 25.0 Å². The normalized spacial score (nSPS) is 14.4. The first kappa shape index (κ1) is 11.0. The van der Waals surface area contributed by atoms with E-state index in [2.05, 4.69) is 10.1 Å². The largest absolute Gasteiger partial charge is 0.485 e. The third-order valence-electron chi connectivity index (χ3n) is 2.81. The fourth-order valence-corrected chi connectivity index (χ4v) is 1.67. The number of ether oxygens (including phenoxy) is 1. The molecular weight excluding hydrogens is 232 g/mol. The molecule has 0 amide bonds. The van der Waals surface area contributed by atoms with E-state index in [0.717, 1.165) is 19.1 Å². The maximum absolute atomic E-state index is 10.8. The molecule has 0 saturated heterocycles. The first-order valence-electron chi connectivity index (χ1n) is 5.86. The molecule has 1 saturated carbocycles. The van der Waals surface area contributed by atoms with Crippen LogP contribution in [0.4, 0.5) is 0 Å². The fourth-order valence-electron chi connectivity index (χ4n) is 1.67. The average molecular weight is 244 g/mol. The molecule has 0 radical (unpaired) electrons. The molecular formula is C13H12N2O3. The number of carbonyl (C=O) groups excluding carboxylic acids is 1. The number of nitrogens with zero attached hydrogens (tertiary/aromatic N) is 2. The molecule has 1 aromatic carbocycles. The first-order chi connectivity index (χ1) is 8.86. The summed E-state index contributed by atoms with van der Waals surface area (Å²) < 4.78 is 10.6. The molecule has 1 fully saturated rings. The summed E-state index contributed by atoms with van der Waals surface area (Å²) in [4.78, 5) is 15.1. The zero-order chi connectivity index (χ0) is 12.4. The zero-order valence-electron chi connectivity index (χ0n) is 9.70. The summed E-state index contributed by atoms with van der Waals surface area (Å²) in [5.41, 5.74) is 0.517. The Kier molecular flexibility index (Phi) is 2.80. The number of rotatable bonds is 5. The van der Waals surface area contributed by atoms with Gasteiger partial charge in [-0.1, -0.05) is 17.3 Å². The summed E-state index contributed by atoms with van der Waals surface area (Å²) in [5.74, 6) is 2.17. The van der Waals surface area contributed by atoms with E-state index in [4.69, 9.17) is 9.26 Å². The van der Waals surface area contributed by atoms with Crippen LogP contribution in [0.15, 0.2) is 28.8 Å².